The summed E-state index contributed by atoms with van der Waals surface area (Å²) in [6, 6.07) is 7.02. The zero-order valence-electron chi connectivity index (χ0n) is 16.2. The van der Waals surface area contributed by atoms with E-state index in [0.717, 1.165) is 30.5 Å². The third-order valence-corrected chi connectivity index (χ3v) is 4.96. The quantitative estimate of drug-likeness (QED) is 0.699. The second kappa shape index (κ2) is 7.40. The fourth-order valence-electron chi connectivity index (χ4n) is 3.32. The molecule has 2 N–H and O–H groups in total. The van der Waals surface area contributed by atoms with E-state index in [2.05, 4.69) is 25.3 Å². The Morgan fingerprint density at radius 2 is 1.76 bits per heavy atom. The molecule has 0 saturated carbocycles. The van der Waals surface area contributed by atoms with E-state index in [1.807, 2.05) is 26.0 Å². The summed E-state index contributed by atoms with van der Waals surface area (Å²) in [5.41, 5.74) is 0.622. The molecule has 0 spiro atoms. The van der Waals surface area contributed by atoms with Crippen molar-refractivity contribution >= 4 is 17.6 Å². The van der Waals surface area contributed by atoms with Gasteiger partial charge in [0, 0.05) is 19.2 Å². The summed E-state index contributed by atoms with van der Waals surface area (Å²) in [4.78, 5) is 10.9. The van der Waals surface area contributed by atoms with E-state index in [4.69, 9.17) is 0 Å². The topological polar surface area (TPSA) is 79.1 Å². The highest BCUT2D eigenvalue weighted by atomic mass is 19.1. The van der Waals surface area contributed by atoms with Crippen LogP contribution in [0.4, 0.5) is 26.4 Å². The summed E-state index contributed by atoms with van der Waals surface area (Å²) in [5.74, 6) is 0.279. The van der Waals surface area contributed by atoms with Crippen LogP contribution in [-0.4, -0.2) is 43.5 Å². The molecule has 3 aromatic rings. The molecule has 1 fully saturated rings. The lowest BCUT2D eigenvalue weighted by molar-refractivity contribution is 0.0350. The van der Waals surface area contributed by atoms with Crippen LogP contribution in [0.25, 0.3) is 5.69 Å². The van der Waals surface area contributed by atoms with Crippen molar-refractivity contribution in [2.24, 2.45) is 0 Å². The van der Waals surface area contributed by atoms with Crippen molar-refractivity contribution in [2.45, 2.75) is 32.3 Å². The smallest absolute Gasteiger partial charge is 0.248 e. The molecule has 0 bridgehead atoms. The van der Waals surface area contributed by atoms with Crippen molar-refractivity contribution in [3.63, 3.8) is 0 Å². The zero-order valence-corrected chi connectivity index (χ0v) is 16.2. The van der Waals surface area contributed by atoms with E-state index in [1.54, 1.807) is 0 Å². The van der Waals surface area contributed by atoms with Gasteiger partial charge in [0.2, 0.25) is 5.95 Å². The Labute approximate surface area is 167 Å². The van der Waals surface area contributed by atoms with Gasteiger partial charge in [-0.15, -0.1) is 5.10 Å². The molecular formula is C20H22F2N6O. The minimum Gasteiger partial charge on any atom is -0.390 e. The second-order valence-electron chi connectivity index (χ2n) is 7.64. The zero-order chi connectivity index (χ0) is 20.6. The molecule has 7 nitrogen and oxygen atoms in total. The summed E-state index contributed by atoms with van der Waals surface area (Å²) in [6.07, 6.45) is 2.74. The van der Waals surface area contributed by atoms with Crippen LogP contribution in [0, 0.1) is 18.6 Å². The largest absolute Gasteiger partial charge is 0.390 e. The van der Waals surface area contributed by atoms with Crippen molar-refractivity contribution in [3.05, 3.63) is 53.9 Å². The molecule has 2 aromatic heterocycles. The molecular weight excluding hydrogens is 378 g/mol. The number of anilines is 3. The van der Waals surface area contributed by atoms with Crippen LogP contribution in [0.15, 0.2) is 36.7 Å². The van der Waals surface area contributed by atoms with Crippen LogP contribution in [-0.2, 0) is 0 Å². The lowest BCUT2D eigenvalue weighted by atomic mass is 9.94. The van der Waals surface area contributed by atoms with Crippen molar-refractivity contribution in [2.75, 3.05) is 23.3 Å². The monoisotopic (exact) mass is 400 g/mol. The number of halogens is 2. The Morgan fingerprint density at radius 1 is 1.07 bits per heavy atom. The third-order valence-electron chi connectivity index (χ3n) is 4.96. The minimum atomic E-state index is -0.685. The van der Waals surface area contributed by atoms with Gasteiger partial charge >= 0.3 is 0 Å². The fourth-order valence-corrected chi connectivity index (χ4v) is 3.32. The summed E-state index contributed by atoms with van der Waals surface area (Å²) >= 11 is 0. The highest BCUT2D eigenvalue weighted by Gasteiger charge is 2.28. The first-order valence-corrected chi connectivity index (χ1v) is 9.39. The normalized spacial score (nSPS) is 16.1. The van der Waals surface area contributed by atoms with Gasteiger partial charge in [0.15, 0.2) is 0 Å². The third kappa shape index (κ3) is 4.51. The molecule has 0 unspecified atom stereocenters. The van der Waals surface area contributed by atoms with E-state index in [-0.39, 0.29) is 11.6 Å². The summed E-state index contributed by atoms with van der Waals surface area (Å²) < 4.78 is 28.2. The van der Waals surface area contributed by atoms with Gasteiger partial charge in [-0.05, 0) is 56.5 Å². The number of piperidine rings is 1. The number of aliphatic hydroxyl groups is 1. The van der Waals surface area contributed by atoms with Crippen molar-refractivity contribution < 1.29 is 13.9 Å². The molecule has 0 amide bonds. The first-order valence-electron chi connectivity index (χ1n) is 9.39. The summed E-state index contributed by atoms with van der Waals surface area (Å²) in [6.45, 7) is 5.27. The highest BCUT2D eigenvalue weighted by Crippen LogP contribution is 2.27. The minimum absolute atomic E-state index is 0.237. The van der Waals surface area contributed by atoms with Crippen molar-refractivity contribution in [1.29, 1.82) is 0 Å². The molecule has 3 heterocycles. The molecule has 1 aliphatic rings. The van der Waals surface area contributed by atoms with Gasteiger partial charge in [0.05, 0.1) is 11.3 Å². The van der Waals surface area contributed by atoms with E-state index in [1.165, 1.54) is 23.1 Å². The number of nitrogens with zero attached hydrogens (tertiary/aromatic N) is 5. The number of rotatable bonds is 4. The first-order chi connectivity index (χ1) is 13.8. The first kappa shape index (κ1) is 19.3. The van der Waals surface area contributed by atoms with Crippen molar-refractivity contribution in [1.82, 2.24) is 19.7 Å². The van der Waals surface area contributed by atoms with Crippen molar-refractivity contribution in [3.8, 4) is 5.69 Å². The number of pyridine rings is 1. The molecule has 9 heteroatoms. The highest BCUT2D eigenvalue weighted by molar-refractivity contribution is 5.55. The van der Waals surface area contributed by atoms with Crippen LogP contribution >= 0.6 is 0 Å². The van der Waals surface area contributed by atoms with Crippen LogP contribution in [0.2, 0.25) is 0 Å². The number of aryl methyl sites for hydroxylation is 1. The Bertz CT molecular complexity index is 1010. The molecule has 0 atom stereocenters. The average Bonchev–Trinajstić information content (AvgIpc) is 3.09. The Morgan fingerprint density at radius 3 is 2.45 bits per heavy atom. The predicted octanol–water partition coefficient (Wildman–Crippen LogP) is 3.34. The van der Waals surface area contributed by atoms with E-state index < -0.39 is 17.2 Å². The van der Waals surface area contributed by atoms with Crippen LogP contribution in [0.5, 0.6) is 0 Å². The maximum absolute atomic E-state index is 13.4. The molecule has 4 rings (SSSR count). The van der Waals surface area contributed by atoms with Gasteiger partial charge in [0.1, 0.15) is 29.6 Å². The van der Waals surface area contributed by atoms with Gasteiger partial charge in [-0.3, -0.25) is 0 Å². The molecule has 0 aliphatic carbocycles. The number of hydrogen-bond acceptors (Lipinski definition) is 6. The SMILES string of the molecule is Cc1cc(Nc2ncn(-c3cc(F)cc(F)c3)n2)nc(N2CCC(C)(O)CC2)c1. The van der Waals surface area contributed by atoms with Crippen LogP contribution in [0.3, 0.4) is 0 Å². The number of benzene rings is 1. The molecule has 1 aromatic carbocycles. The Kier molecular flexibility index (Phi) is 4.91. The molecule has 1 aliphatic heterocycles. The molecule has 152 valence electrons. The number of nitrogens with one attached hydrogen (secondary N) is 1. The fraction of sp³-hybridized carbons (Fsp3) is 0.350. The average molecular weight is 400 g/mol. The van der Waals surface area contributed by atoms with Gasteiger partial charge < -0.3 is 15.3 Å². The Balaban J connectivity index is 1.53. The summed E-state index contributed by atoms with van der Waals surface area (Å²) in [5, 5.41) is 17.4. The summed E-state index contributed by atoms with van der Waals surface area (Å²) in [7, 11) is 0. The molecule has 0 radical (unpaired) electrons. The van der Waals surface area contributed by atoms with Gasteiger partial charge in [-0.25, -0.2) is 18.4 Å². The molecule has 29 heavy (non-hydrogen) atoms. The van der Waals surface area contributed by atoms with E-state index in [0.29, 0.717) is 18.7 Å². The van der Waals surface area contributed by atoms with E-state index >= 15 is 0 Å². The predicted molar refractivity (Wildman–Crippen MR) is 106 cm³/mol. The van der Waals surface area contributed by atoms with E-state index in [9.17, 15) is 13.9 Å². The standard InChI is InChI=1S/C20H22F2N6O/c1-13-7-17(24-18(8-13)27-5-3-20(2,29)4-6-27)25-19-23-12-28(26-19)16-10-14(21)9-15(22)11-16/h7-12,29H,3-6H2,1-2H3,(H,24,25,26). The number of aromatic nitrogens is 4. The maximum atomic E-state index is 13.4. The maximum Gasteiger partial charge on any atom is 0.248 e. The van der Waals surface area contributed by atoms with Crippen LogP contribution < -0.4 is 10.2 Å². The van der Waals surface area contributed by atoms with Gasteiger partial charge in [-0.1, -0.05) is 0 Å². The lowest BCUT2D eigenvalue weighted by Gasteiger charge is -2.36. The second-order valence-corrected chi connectivity index (χ2v) is 7.64. The Hall–Kier alpha value is -3.07. The lowest BCUT2D eigenvalue weighted by Crippen LogP contribution is -2.42. The number of hydrogen-bond donors (Lipinski definition) is 2. The van der Waals surface area contributed by atoms with Crippen LogP contribution in [0.1, 0.15) is 25.3 Å². The molecule has 1 saturated heterocycles. The van der Waals surface area contributed by atoms with Gasteiger partial charge in [0.25, 0.3) is 0 Å². The van der Waals surface area contributed by atoms with Gasteiger partial charge in [-0.2, -0.15) is 4.98 Å².